The maximum atomic E-state index is 14.0. The lowest BCUT2D eigenvalue weighted by atomic mass is 9.94. The number of nitriles is 1. The third-order valence-corrected chi connectivity index (χ3v) is 7.15. The fourth-order valence-electron chi connectivity index (χ4n) is 5.37. The highest BCUT2D eigenvalue weighted by molar-refractivity contribution is 6.01. The number of ether oxygens (including phenoxy) is 1. The Hall–Kier alpha value is -3.80. The number of halogens is 1. The Bertz CT molecular complexity index is 1430. The second kappa shape index (κ2) is 8.77. The first-order valence-electron chi connectivity index (χ1n) is 11.9. The smallest absolute Gasteiger partial charge is 0.119 e. The van der Waals surface area contributed by atoms with E-state index in [1.54, 1.807) is 18.3 Å². The van der Waals surface area contributed by atoms with Gasteiger partial charge in [0.05, 0.1) is 35.2 Å². The van der Waals surface area contributed by atoms with Crippen LogP contribution in [0.2, 0.25) is 0 Å². The van der Waals surface area contributed by atoms with Crippen molar-refractivity contribution in [3.8, 4) is 17.2 Å². The number of aromatic nitrogens is 2. The predicted octanol–water partition coefficient (Wildman–Crippen LogP) is 3.96. The molecule has 2 aromatic heterocycles. The highest BCUT2D eigenvalue weighted by atomic mass is 19.1. The number of benzene rings is 1. The molecule has 0 bridgehead atoms. The van der Waals surface area contributed by atoms with Crippen LogP contribution in [0, 0.1) is 11.3 Å². The van der Waals surface area contributed by atoms with E-state index >= 15 is 0 Å². The molecular formula is C27H25FN6O. The lowest BCUT2D eigenvalue weighted by Gasteiger charge is -2.43. The van der Waals surface area contributed by atoms with Gasteiger partial charge in [-0.05, 0) is 48.3 Å². The molecule has 1 aromatic carbocycles. The van der Waals surface area contributed by atoms with Gasteiger partial charge < -0.3 is 20.7 Å². The minimum absolute atomic E-state index is 0.0938. The molecule has 2 saturated heterocycles. The average molecular weight is 469 g/mol. The van der Waals surface area contributed by atoms with Crippen molar-refractivity contribution < 1.29 is 9.13 Å². The number of hydrogen-bond donors (Lipinski definition) is 2. The summed E-state index contributed by atoms with van der Waals surface area (Å²) in [6, 6.07) is 8.42. The molecule has 8 heteroatoms. The number of morpholine rings is 1. The first-order chi connectivity index (χ1) is 17.1. The zero-order chi connectivity index (χ0) is 23.9. The zero-order valence-corrected chi connectivity index (χ0v) is 19.2. The SMILES string of the molecule is N#Cc1cncc(-c2ccc3ncc(C4=CC(F)=CC4)c(N4CC[C@H]5NCCO[C@@H]5C4)c3c2)c1N. The second-order valence-electron chi connectivity index (χ2n) is 9.18. The molecule has 0 saturated carbocycles. The van der Waals surface area contributed by atoms with E-state index in [0.717, 1.165) is 59.3 Å². The van der Waals surface area contributed by atoms with Crippen LogP contribution in [0.4, 0.5) is 15.8 Å². The fourth-order valence-corrected chi connectivity index (χ4v) is 5.37. The Morgan fingerprint density at radius 2 is 2.14 bits per heavy atom. The van der Waals surface area contributed by atoms with Crippen LogP contribution >= 0.6 is 0 Å². The number of nitrogens with zero attached hydrogens (tertiary/aromatic N) is 4. The van der Waals surface area contributed by atoms with E-state index in [1.165, 1.54) is 6.20 Å². The Labute approximate surface area is 202 Å². The van der Waals surface area contributed by atoms with Gasteiger partial charge in [0.15, 0.2) is 0 Å². The van der Waals surface area contributed by atoms with Crippen molar-refractivity contribution in [2.24, 2.45) is 0 Å². The van der Waals surface area contributed by atoms with Crippen LogP contribution in [0.1, 0.15) is 24.0 Å². The standard InChI is InChI=1S/C27H25FN6O/c28-19-3-1-16(9-19)22-14-33-23-4-2-17(21-13-31-12-18(11-29)26(21)30)10-20(23)27(22)34-7-5-24-25(15-34)35-8-6-32-24/h2-4,9-10,12-14,24-25,32H,1,5-8,15H2,(H2,30,31)/t24-,25-/m1/s1. The Kier molecular flexibility index (Phi) is 5.44. The summed E-state index contributed by atoms with van der Waals surface area (Å²) in [4.78, 5) is 11.3. The first-order valence-corrected chi connectivity index (χ1v) is 11.9. The number of nitrogens with one attached hydrogen (secondary N) is 1. The number of rotatable bonds is 3. The van der Waals surface area contributed by atoms with E-state index in [1.807, 2.05) is 18.3 Å². The number of anilines is 2. The summed E-state index contributed by atoms with van der Waals surface area (Å²) in [7, 11) is 0. The van der Waals surface area contributed by atoms with Gasteiger partial charge in [0, 0.05) is 60.8 Å². The first kappa shape index (κ1) is 21.7. The summed E-state index contributed by atoms with van der Waals surface area (Å²) < 4.78 is 20.1. The third-order valence-electron chi connectivity index (χ3n) is 7.15. The molecule has 0 radical (unpaired) electrons. The normalized spacial score (nSPS) is 21.9. The molecule has 6 rings (SSSR count). The molecule has 3 aromatic rings. The van der Waals surface area contributed by atoms with Gasteiger partial charge in [-0.15, -0.1) is 0 Å². The zero-order valence-electron chi connectivity index (χ0n) is 19.2. The molecule has 2 aliphatic heterocycles. The summed E-state index contributed by atoms with van der Waals surface area (Å²) in [5.74, 6) is -0.217. The number of fused-ring (bicyclic) bond motifs is 2. The molecule has 0 spiro atoms. The predicted molar refractivity (Wildman–Crippen MR) is 134 cm³/mol. The van der Waals surface area contributed by atoms with Gasteiger partial charge in [0.2, 0.25) is 0 Å². The van der Waals surface area contributed by atoms with Gasteiger partial charge in [-0.3, -0.25) is 9.97 Å². The maximum Gasteiger partial charge on any atom is 0.119 e. The van der Waals surface area contributed by atoms with Crippen molar-refractivity contribution in [2.45, 2.75) is 25.0 Å². The molecule has 4 heterocycles. The lowest BCUT2D eigenvalue weighted by Crippen LogP contribution is -2.57. The molecule has 3 N–H and O–H groups in total. The van der Waals surface area contributed by atoms with Gasteiger partial charge in [-0.25, -0.2) is 4.39 Å². The molecular weight excluding hydrogens is 443 g/mol. The van der Waals surface area contributed by atoms with Crippen LogP contribution in [0.15, 0.2) is 54.8 Å². The van der Waals surface area contributed by atoms with Crippen LogP contribution in [0.5, 0.6) is 0 Å². The van der Waals surface area contributed by atoms with E-state index in [4.69, 9.17) is 15.5 Å². The maximum absolute atomic E-state index is 14.0. The number of hydrogen-bond acceptors (Lipinski definition) is 7. The molecule has 2 atom stereocenters. The lowest BCUT2D eigenvalue weighted by molar-refractivity contribution is -0.00899. The molecule has 3 aliphatic rings. The molecule has 1 aliphatic carbocycles. The molecule has 0 amide bonds. The van der Waals surface area contributed by atoms with Gasteiger partial charge in [-0.1, -0.05) is 6.07 Å². The van der Waals surface area contributed by atoms with Crippen molar-refractivity contribution in [1.29, 1.82) is 5.26 Å². The average Bonchev–Trinajstić information content (AvgIpc) is 3.33. The van der Waals surface area contributed by atoms with E-state index in [-0.39, 0.29) is 11.9 Å². The Morgan fingerprint density at radius 3 is 2.97 bits per heavy atom. The summed E-state index contributed by atoms with van der Waals surface area (Å²) in [5.41, 5.74) is 12.3. The van der Waals surface area contributed by atoms with Crippen molar-refractivity contribution in [3.05, 3.63) is 65.9 Å². The van der Waals surface area contributed by atoms with Crippen LogP contribution in [0.25, 0.3) is 27.6 Å². The van der Waals surface area contributed by atoms with Gasteiger partial charge in [0.25, 0.3) is 0 Å². The van der Waals surface area contributed by atoms with Crippen LogP contribution in [0.3, 0.4) is 0 Å². The quantitative estimate of drug-likeness (QED) is 0.600. The van der Waals surface area contributed by atoms with E-state index < -0.39 is 0 Å². The third kappa shape index (κ3) is 3.83. The summed E-state index contributed by atoms with van der Waals surface area (Å²) in [6.45, 7) is 3.17. The molecule has 7 nitrogen and oxygen atoms in total. The molecule has 2 fully saturated rings. The van der Waals surface area contributed by atoms with E-state index in [0.29, 0.717) is 35.9 Å². The number of piperidine rings is 1. The highest BCUT2D eigenvalue weighted by Crippen LogP contribution is 2.41. The Balaban J connectivity index is 1.52. The van der Waals surface area contributed by atoms with Crippen molar-refractivity contribution in [1.82, 2.24) is 15.3 Å². The van der Waals surface area contributed by atoms with Crippen LogP contribution < -0.4 is 16.0 Å². The monoisotopic (exact) mass is 468 g/mol. The molecule has 0 unspecified atom stereocenters. The molecule has 176 valence electrons. The minimum atomic E-state index is -0.217. The minimum Gasteiger partial charge on any atom is -0.397 e. The van der Waals surface area contributed by atoms with Gasteiger partial charge in [0.1, 0.15) is 11.9 Å². The highest BCUT2D eigenvalue weighted by Gasteiger charge is 2.34. The topological polar surface area (TPSA) is 100 Å². The summed E-state index contributed by atoms with van der Waals surface area (Å²) in [5, 5.41) is 13.9. The van der Waals surface area contributed by atoms with Crippen molar-refractivity contribution in [2.75, 3.05) is 36.9 Å². The number of allylic oxidation sites excluding steroid dienone is 4. The van der Waals surface area contributed by atoms with Crippen LogP contribution in [-0.2, 0) is 4.74 Å². The summed E-state index contributed by atoms with van der Waals surface area (Å²) >= 11 is 0. The fraction of sp³-hybridized carbons (Fsp3) is 0.296. The number of nitrogen functional groups attached to an aromatic ring is 1. The second-order valence-corrected chi connectivity index (χ2v) is 9.18. The van der Waals surface area contributed by atoms with Crippen molar-refractivity contribution in [3.63, 3.8) is 0 Å². The molecule has 35 heavy (non-hydrogen) atoms. The van der Waals surface area contributed by atoms with Gasteiger partial charge >= 0.3 is 0 Å². The summed E-state index contributed by atoms with van der Waals surface area (Å²) in [6.07, 6.45) is 9.79. The number of nitrogens with two attached hydrogens (primary N) is 1. The largest absolute Gasteiger partial charge is 0.397 e. The number of pyridine rings is 2. The Morgan fingerprint density at radius 1 is 1.23 bits per heavy atom. The van der Waals surface area contributed by atoms with Crippen LogP contribution in [-0.4, -0.2) is 48.4 Å². The van der Waals surface area contributed by atoms with E-state index in [2.05, 4.69) is 27.3 Å². The van der Waals surface area contributed by atoms with Crippen molar-refractivity contribution >= 4 is 27.9 Å². The van der Waals surface area contributed by atoms with Gasteiger partial charge in [-0.2, -0.15) is 5.26 Å². The van der Waals surface area contributed by atoms with E-state index in [9.17, 15) is 9.65 Å².